The van der Waals surface area contributed by atoms with Gasteiger partial charge in [-0.25, -0.2) is 0 Å². The van der Waals surface area contributed by atoms with Crippen LogP contribution in [0.15, 0.2) is 46.7 Å². The van der Waals surface area contributed by atoms with E-state index >= 15 is 0 Å². The summed E-state index contributed by atoms with van der Waals surface area (Å²) in [6.07, 6.45) is 0. The zero-order valence-electron chi connectivity index (χ0n) is 8.07. The van der Waals surface area contributed by atoms with E-state index in [1.54, 1.807) is 0 Å². The van der Waals surface area contributed by atoms with Gasteiger partial charge in [0.1, 0.15) is 0 Å². The van der Waals surface area contributed by atoms with Gasteiger partial charge in [-0.2, -0.15) is 0 Å². The molecule has 0 atom stereocenters. The highest BCUT2D eigenvalue weighted by Gasteiger charge is 2.00. The molecule has 1 aromatic heterocycles. The Kier molecular flexibility index (Phi) is 3.27. The van der Waals surface area contributed by atoms with Crippen molar-refractivity contribution in [1.29, 1.82) is 0 Å². The lowest BCUT2D eigenvalue weighted by molar-refractivity contribution is 1.38. The Bertz CT molecular complexity index is 390. The number of thioether (sulfide) groups is 1. The molecule has 0 aliphatic rings. The lowest BCUT2D eigenvalue weighted by Crippen LogP contribution is -1.77. The average Bonchev–Trinajstić information content (AvgIpc) is 2.63. The van der Waals surface area contributed by atoms with Gasteiger partial charge in [-0.3, -0.25) is 0 Å². The Balaban J connectivity index is 1.99. The van der Waals surface area contributed by atoms with Crippen molar-refractivity contribution in [2.24, 2.45) is 0 Å². The Morgan fingerprint density at radius 1 is 1.14 bits per heavy atom. The lowest BCUT2D eigenvalue weighted by Gasteiger charge is -2.00. The van der Waals surface area contributed by atoms with Crippen molar-refractivity contribution in [3.8, 4) is 0 Å². The molecule has 0 bridgehead atoms. The zero-order valence-corrected chi connectivity index (χ0v) is 9.70. The van der Waals surface area contributed by atoms with Gasteiger partial charge in [0, 0.05) is 15.5 Å². The van der Waals surface area contributed by atoms with Crippen LogP contribution in [0.25, 0.3) is 0 Å². The first-order chi connectivity index (χ1) is 6.86. The summed E-state index contributed by atoms with van der Waals surface area (Å²) in [5, 5.41) is 2.16. The van der Waals surface area contributed by atoms with Crippen molar-refractivity contribution in [2.45, 2.75) is 17.6 Å². The highest BCUT2D eigenvalue weighted by atomic mass is 32.2. The van der Waals surface area contributed by atoms with Crippen molar-refractivity contribution >= 4 is 23.1 Å². The Labute approximate surface area is 93.0 Å². The van der Waals surface area contributed by atoms with E-state index in [9.17, 15) is 0 Å². The van der Waals surface area contributed by atoms with Crippen molar-refractivity contribution in [1.82, 2.24) is 0 Å². The van der Waals surface area contributed by atoms with E-state index in [0.29, 0.717) is 0 Å². The summed E-state index contributed by atoms with van der Waals surface area (Å²) < 4.78 is 0. The van der Waals surface area contributed by atoms with Crippen LogP contribution >= 0.6 is 23.1 Å². The van der Waals surface area contributed by atoms with Crippen LogP contribution in [0.4, 0.5) is 0 Å². The maximum absolute atomic E-state index is 2.19. The summed E-state index contributed by atoms with van der Waals surface area (Å²) in [6, 6.07) is 12.7. The second kappa shape index (κ2) is 4.67. The molecule has 0 aliphatic carbocycles. The van der Waals surface area contributed by atoms with Crippen LogP contribution < -0.4 is 0 Å². The number of rotatable bonds is 3. The molecule has 1 aromatic carbocycles. The van der Waals surface area contributed by atoms with Crippen molar-refractivity contribution < 1.29 is 0 Å². The second-order valence-electron chi connectivity index (χ2n) is 3.13. The molecule has 0 nitrogen and oxygen atoms in total. The molecule has 0 aliphatic heterocycles. The first-order valence-corrected chi connectivity index (χ1v) is 6.43. The van der Waals surface area contributed by atoms with Gasteiger partial charge in [0.2, 0.25) is 0 Å². The monoisotopic (exact) mass is 220 g/mol. The summed E-state index contributed by atoms with van der Waals surface area (Å²) in [5.74, 6) is 1.09. The Hall–Kier alpha value is -0.730. The summed E-state index contributed by atoms with van der Waals surface area (Å²) in [5.41, 5.74) is 1.42. The third kappa shape index (κ3) is 2.40. The van der Waals surface area contributed by atoms with E-state index in [4.69, 9.17) is 0 Å². The third-order valence-corrected chi connectivity index (χ3v) is 4.33. The Morgan fingerprint density at radius 3 is 2.57 bits per heavy atom. The molecule has 0 unspecified atom stereocenters. The molecule has 0 fully saturated rings. The van der Waals surface area contributed by atoms with E-state index in [-0.39, 0.29) is 0 Å². The lowest BCUT2D eigenvalue weighted by atomic mass is 10.3. The molecular weight excluding hydrogens is 208 g/mol. The van der Waals surface area contributed by atoms with Gasteiger partial charge < -0.3 is 0 Å². The number of thiophene rings is 1. The van der Waals surface area contributed by atoms with Crippen molar-refractivity contribution in [3.63, 3.8) is 0 Å². The summed E-state index contributed by atoms with van der Waals surface area (Å²) >= 11 is 3.75. The van der Waals surface area contributed by atoms with Crippen LogP contribution in [0.3, 0.4) is 0 Å². The summed E-state index contributed by atoms with van der Waals surface area (Å²) in [4.78, 5) is 2.83. The van der Waals surface area contributed by atoms with E-state index in [1.165, 1.54) is 15.3 Å². The van der Waals surface area contributed by atoms with Gasteiger partial charge in [-0.1, -0.05) is 18.2 Å². The maximum atomic E-state index is 2.19. The van der Waals surface area contributed by atoms with Gasteiger partial charge >= 0.3 is 0 Å². The largest absolute Gasteiger partial charge is 0.148 e. The molecule has 0 radical (unpaired) electrons. The standard InChI is InChI=1S/C12H12S2/c1-10-7-8-13-12(10)9-14-11-5-3-2-4-6-11/h2-8H,9H2,1H3. The highest BCUT2D eigenvalue weighted by Crippen LogP contribution is 2.26. The van der Waals surface area contributed by atoms with Gasteiger partial charge in [0.15, 0.2) is 0 Å². The second-order valence-corrected chi connectivity index (χ2v) is 5.18. The molecule has 2 aromatic rings. The predicted octanol–water partition coefficient (Wildman–Crippen LogP) is 4.35. The molecule has 0 saturated carbocycles. The maximum Gasteiger partial charge on any atom is 0.0328 e. The molecule has 0 spiro atoms. The quantitative estimate of drug-likeness (QED) is 0.693. The van der Waals surface area contributed by atoms with Gasteiger partial charge in [0.05, 0.1) is 0 Å². The minimum Gasteiger partial charge on any atom is -0.148 e. The number of hydrogen-bond acceptors (Lipinski definition) is 2. The highest BCUT2D eigenvalue weighted by molar-refractivity contribution is 7.98. The molecule has 0 amide bonds. The molecule has 72 valence electrons. The van der Waals surface area contributed by atoms with E-state index < -0.39 is 0 Å². The topological polar surface area (TPSA) is 0 Å². The van der Waals surface area contributed by atoms with Crippen LogP contribution in [0, 0.1) is 6.92 Å². The van der Waals surface area contributed by atoms with Gasteiger partial charge in [0.25, 0.3) is 0 Å². The third-order valence-electron chi connectivity index (χ3n) is 2.08. The summed E-state index contributed by atoms with van der Waals surface area (Å²) in [7, 11) is 0. The smallest absolute Gasteiger partial charge is 0.0328 e. The van der Waals surface area contributed by atoms with Crippen molar-refractivity contribution in [2.75, 3.05) is 0 Å². The van der Waals surface area contributed by atoms with Gasteiger partial charge in [-0.15, -0.1) is 23.1 Å². The minimum absolute atomic E-state index is 1.09. The van der Waals surface area contributed by atoms with E-state index in [1.807, 2.05) is 23.1 Å². The fourth-order valence-electron chi connectivity index (χ4n) is 1.22. The van der Waals surface area contributed by atoms with Gasteiger partial charge in [-0.05, 0) is 36.1 Å². The molecule has 2 heteroatoms. The Morgan fingerprint density at radius 2 is 1.93 bits per heavy atom. The van der Waals surface area contributed by atoms with Crippen molar-refractivity contribution in [3.05, 3.63) is 52.2 Å². The number of benzene rings is 1. The molecule has 0 N–H and O–H groups in total. The average molecular weight is 220 g/mol. The fourth-order valence-corrected chi connectivity index (χ4v) is 3.23. The molecule has 2 rings (SSSR count). The molecule has 1 heterocycles. The molecule has 14 heavy (non-hydrogen) atoms. The first-order valence-electron chi connectivity index (χ1n) is 4.57. The molecule has 0 saturated heterocycles. The summed E-state index contributed by atoms with van der Waals surface area (Å²) in [6.45, 7) is 2.18. The van der Waals surface area contributed by atoms with E-state index in [0.717, 1.165) is 5.75 Å². The molecular formula is C12H12S2. The van der Waals surface area contributed by atoms with Crippen LogP contribution in [-0.4, -0.2) is 0 Å². The van der Waals surface area contributed by atoms with E-state index in [2.05, 4.69) is 48.7 Å². The fraction of sp³-hybridized carbons (Fsp3) is 0.167. The van der Waals surface area contributed by atoms with Crippen LogP contribution in [0.2, 0.25) is 0 Å². The number of hydrogen-bond donors (Lipinski definition) is 0. The predicted molar refractivity (Wildman–Crippen MR) is 65.1 cm³/mol. The van der Waals surface area contributed by atoms with Crippen LogP contribution in [-0.2, 0) is 5.75 Å². The number of aryl methyl sites for hydroxylation is 1. The first kappa shape index (κ1) is 9.81. The minimum atomic E-state index is 1.09. The van der Waals surface area contributed by atoms with Crippen LogP contribution in [0.1, 0.15) is 10.4 Å². The van der Waals surface area contributed by atoms with Crippen LogP contribution in [0.5, 0.6) is 0 Å². The SMILES string of the molecule is Cc1ccsc1CSc1ccccc1. The zero-order chi connectivity index (χ0) is 9.80. The normalized spacial score (nSPS) is 10.4.